The average Bonchev–Trinajstić information content (AvgIpc) is 3.22. The van der Waals surface area contributed by atoms with E-state index in [-0.39, 0.29) is 12.1 Å². The van der Waals surface area contributed by atoms with Crippen LogP contribution in [-0.2, 0) is 11.8 Å². The van der Waals surface area contributed by atoms with Crippen LogP contribution < -0.4 is 5.32 Å². The number of morpholine rings is 1. The highest BCUT2D eigenvalue weighted by atomic mass is 16.5. The molecule has 9 heteroatoms. The van der Waals surface area contributed by atoms with E-state index in [1.165, 1.54) is 0 Å². The molecule has 1 saturated heterocycles. The molecular weight excluding hydrogens is 320 g/mol. The number of hydrogen-bond acceptors (Lipinski definition) is 7. The second kappa shape index (κ2) is 6.41. The number of aryl methyl sites for hydroxylation is 2. The molecule has 3 aromatic heterocycles. The first-order valence-electron chi connectivity index (χ1n) is 8.33. The van der Waals surface area contributed by atoms with Crippen molar-refractivity contribution in [3.05, 3.63) is 36.4 Å². The zero-order valence-electron chi connectivity index (χ0n) is 14.6. The summed E-state index contributed by atoms with van der Waals surface area (Å²) >= 11 is 0. The molecule has 9 nitrogen and oxygen atoms in total. The van der Waals surface area contributed by atoms with Gasteiger partial charge in [-0.05, 0) is 14.0 Å². The summed E-state index contributed by atoms with van der Waals surface area (Å²) in [5.74, 6) is 1.62. The Morgan fingerprint density at radius 1 is 1.32 bits per heavy atom. The number of ether oxygens (including phenoxy) is 1. The van der Waals surface area contributed by atoms with Crippen molar-refractivity contribution in [2.24, 2.45) is 7.05 Å². The molecule has 1 N–H and O–H groups in total. The quantitative estimate of drug-likeness (QED) is 0.745. The first-order valence-corrected chi connectivity index (χ1v) is 8.33. The zero-order chi connectivity index (χ0) is 17.4. The third-order valence-electron chi connectivity index (χ3n) is 4.72. The molecule has 0 saturated carbocycles. The molecule has 0 unspecified atom stereocenters. The van der Waals surface area contributed by atoms with Crippen LogP contribution in [0.1, 0.15) is 17.6 Å². The molecule has 132 valence electrons. The number of likely N-dealkylation sites (N-methyl/N-ethyl adjacent to an activating group) is 1. The minimum Gasteiger partial charge on any atom is -0.373 e. The Kier molecular flexibility index (Phi) is 4.10. The second-order valence-electron chi connectivity index (χ2n) is 6.39. The normalized spacial score (nSPS) is 21.7. The maximum absolute atomic E-state index is 6.06. The fourth-order valence-electron chi connectivity index (χ4n) is 3.37. The molecule has 0 aromatic carbocycles. The summed E-state index contributed by atoms with van der Waals surface area (Å²) in [5, 5.41) is 11.4. The number of hydrogen-bond donors (Lipinski definition) is 1. The SMILES string of the molecule is Cc1nc(NC[C@@H]2OCCN(C)[C@H]2c2cncn2C)cc2nncn12. The van der Waals surface area contributed by atoms with Crippen molar-refractivity contribution >= 4 is 11.5 Å². The van der Waals surface area contributed by atoms with Crippen LogP contribution in [0.25, 0.3) is 5.65 Å². The summed E-state index contributed by atoms with van der Waals surface area (Å²) in [4.78, 5) is 11.1. The summed E-state index contributed by atoms with van der Waals surface area (Å²) < 4.78 is 9.96. The molecule has 2 atom stereocenters. The summed E-state index contributed by atoms with van der Waals surface area (Å²) in [6, 6.07) is 2.04. The van der Waals surface area contributed by atoms with Gasteiger partial charge in [-0.25, -0.2) is 9.97 Å². The smallest absolute Gasteiger partial charge is 0.165 e. The first kappa shape index (κ1) is 16.0. The van der Waals surface area contributed by atoms with E-state index >= 15 is 0 Å². The summed E-state index contributed by atoms with van der Waals surface area (Å²) in [5.41, 5.74) is 1.92. The molecule has 0 radical (unpaired) electrons. The van der Waals surface area contributed by atoms with Gasteiger partial charge in [-0.1, -0.05) is 0 Å². The predicted molar refractivity (Wildman–Crippen MR) is 92.3 cm³/mol. The summed E-state index contributed by atoms with van der Waals surface area (Å²) in [6.45, 7) is 4.20. The highest BCUT2D eigenvalue weighted by Crippen LogP contribution is 2.28. The van der Waals surface area contributed by atoms with E-state index in [2.05, 4.69) is 37.4 Å². The van der Waals surface area contributed by atoms with Crippen LogP contribution in [0.4, 0.5) is 5.82 Å². The van der Waals surface area contributed by atoms with Gasteiger partial charge in [-0.2, -0.15) is 0 Å². The van der Waals surface area contributed by atoms with Crippen LogP contribution in [0.15, 0.2) is 24.9 Å². The van der Waals surface area contributed by atoms with Gasteiger partial charge in [0.2, 0.25) is 0 Å². The van der Waals surface area contributed by atoms with Crippen LogP contribution in [-0.4, -0.2) is 66.9 Å². The number of imidazole rings is 1. The molecule has 4 rings (SSSR count). The van der Waals surface area contributed by atoms with E-state index in [0.717, 1.165) is 29.5 Å². The van der Waals surface area contributed by atoms with Crippen LogP contribution in [0.5, 0.6) is 0 Å². The van der Waals surface area contributed by atoms with Crippen LogP contribution in [0, 0.1) is 6.92 Å². The number of fused-ring (bicyclic) bond motifs is 1. The van der Waals surface area contributed by atoms with Crippen molar-refractivity contribution in [2.45, 2.75) is 19.1 Å². The van der Waals surface area contributed by atoms with Gasteiger partial charge in [0.15, 0.2) is 5.65 Å². The predicted octanol–water partition coefficient (Wildman–Crippen LogP) is 0.650. The molecule has 3 aromatic rings. The lowest BCUT2D eigenvalue weighted by atomic mass is 10.0. The van der Waals surface area contributed by atoms with Gasteiger partial charge in [-0.3, -0.25) is 9.30 Å². The van der Waals surface area contributed by atoms with Gasteiger partial charge in [0, 0.05) is 32.4 Å². The monoisotopic (exact) mass is 342 g/mol. The van der Waals surface area contributed by atoms with Crippen LogP contribution in [0.3, 0.4) is 0 Å². The van der Waals surface area contributed by atoms with Gasteiger partial charge in [0.25, 0.3) is 0 Å². The van der Waals surface area contributed by atoms with Crippen LogP contribution >= 0.6 is 0 Å². The van der Waals surface area contributed by atoms with Crippen molar-refractivity contribution < 1.29 is 4.74 Å². The van der Waals surface area contributed by atoms with Crippen molar-refractivity contribution in [1.82, 2.24) is 34.0 Å². The van der Waals surface area contributed by atoms with Gasteiger partial charge in [0.1, 0.15) is 18.0 Å². The van der Waals surface area contributed by atoms with Gasteiger partial charge >= 0.3 is 0 Å². The Morgan fingerprint density at radius 3 is 3.00 bits per heavy atom. The molecule has 1 aliphatic heterocycles. The van der Waals surface area contributed by atoms with Gasteiger partial charge in [0.05, 0.1) is 30.8 Å². The summed E-state index contributed by atoms with van der Waals surface area (Å²) in [7, 11) is 4.14. The minimum absolute atomic E-state index is 0.00496. The molecule has 25 heavy (non-hydrogen) atoms. The maximum atomic E-state index is 6.06. The van der Waals surface area contributed by atoms with Gasteiger partial charge in [-0.15, -0.1) is 10.2 Å². The molecular formula is C16H22N8O. The number of anilines is 1. The lowest BCUT2D eigenvalue weighted by Gasteiger charge is -2.39. The van der Waals surface area contributed by atoms with Crippen molar-refractivity contribution in [1.29, 1.82) is 0 Å². The van der Waals surface area contributed by atoms with E-state index in [9.17, 15) is 0 Å². The number of nitrogens with zero attached hydrogens (tertiary/aromatic N) is 7. The molecule has 0 bridgehead atoms. The number of aromatic nitrogens is 6. The van der Waals surface area contributed by atoms with E-state index in [0.29, 0.717) is 13.2 Å². The second-order valence-corrected chi connectivity index (χ2v) is 6.39. The minimum atomic E-state index is 0.00496. The molecule has 0 amide bonds. The molecule has 1 aliphatic rings. The highest BCUT2D eigenvalue weighted by molar-refractivity contribution is 5.49. The zero-order valence-corrected chi connectivity index (χ0v) is 14.6. The molecule has 0 aliphatic carbocycles. The van der Waals surface area contributed by atoms with E-state index < -0.39 is 0 Å². The summed E-state index contributed by atoms with van der Waals surface area (Å²) in [6.07, 6.45) is 5.41. The lowest BCUT2D eigenvalue weighted by molar-refractivity contribution is -0.0578. The van der Waals surface area contributed by atoms with E-state index in [1.807, 2.05) is 41.5 Å². The van der Waals surface area contributed by atoms with Crippen molar-refractivity contribution in [3.63, 3.8) is 0 Å². The molecule has 1 fully saturated rings. The average molecular weight is 342 g/mol. The fourth-order valence-corrected chi connectivity index (χ4v) is 3.37. The highest BCUT2D eigenvalue weighted by Gasteiger charge is 2.33. The van der Waals surface area contributed by atoms with E-state index in [1.54, 1.807) is 6.33 Å². The molecule has 0 spiro atoms. The number of nitrogens with one attached hydrogen (secondary N) is 1. The Morgan fingerprint density at radius 2 is 2.20 bits per heavy atom. The fraction of sp³-hybridized carbons (Fsp3) is 0.500. The molecule has 4 heterocycles. The van der Waals surface area contributed by atoms with E-state index in [4.69, 9.17) is 4.74 Å². The maximum Gasteiger partial charge on any atom is 0.165 e. The lowest BCUT2D eigenvalue weighted by Crippen LogP contribution is -2.46. The Hall–Kier alpha value is -2.52. The third-order valence-corrected chi connectivity index (χ3v) is 4.72. The Labute approximate surface area is 145 Å². The van der Waals surface area contributed by atoms with Gasteiger partial charge < -0.3 is 14.6 Å². The topological polar surface area (TPSA) is 85.4 Å². The van der Waals surface area contributed by atoms with Crippen molar-refractivity contribution in [2.75, 3.05) is 32.1 Å². The van der Waals surface area contributed by atoms with Crippen molar-refractivity contribution in [3.8, 4) is 0 Å². The Balaban J connectivity index is 1.54. The third kappa shape index (κ3) is 2.96. The largest absolute Gasteiger partial charge is 0.373 e. The first-order chi connectivity index (χ1) is 12.1. The van der Waals surface area contributed by atoms with Crippen LogP contribution in [0.2, 0.25) is 0 Å². The Bertz CT molecular complexity index is 872. The standard InChI is InChI=1S/C16H22N8O/c1-11-20-14(6-15-21-19-10-24(11)15)18-8-13-16(22(2)4-5-25-13)12-7-17-9-23(12)3/h6-7,9-10,13,16,18H,4-5,8H2,1-3H3/t13-,16-/m0/s1. The number of rotatable bonds is 4.